The summed E-state index contributed by atoms with van der Waals surface area (Å²) in [6.07, 6.45) is 5.90. The van der Waals surface area contributed by atoms with Crippen molar-refractivity contribution in [3.63, 3.8) is 0 Å². The van der Waals surface area contributed by atoms with E-state index in [9.17, 15) is 4.79 Å². The number of fused-ring (bicyclic) bond motifs is 2. The first-order valence-corrected chi connectivity index (χ1v) is 10.8. The van der Waals surface area contributed by atoms with E-state index < -0.39 is 0 Å². The highest BCUT2D eigenvalue weighted by Crippen LogP contribution is 2.36. The number of piperidine rings is 1. The van der Waals surface area contributed by atoms with Crippen molar-refractivity contribution in [3.05, 3.63) is 70.7 Å². The van der Waals surface area contributed by atoms with Gasteiger partial charge in [0.1, 0.15) is 6.10 Å². The summed E-state index contributed by atoms with van der Waals surface area (Å²) in [7, 11) is 0. The molecule has 28 heavy (non-hydrogen) atoms. The van der Waals surface area contributed by atoms with Gasteiger partial charge in [-0.3, -0.25) is 0 Å². The highest BCUT2D eigenvalue weighted by atomic mass is 35.5. The smallest absolute Gasteiger partial charge is 0.338 e. The number of hydrogen-bond acceptors (Lipinski definition) is 3. The maximum atomic E-state index is 12.7. The second-order valence-corrected chi connectivity index (χ2v) is 8.61. The number of carbonyl (C=O) groups is 1. The van der Waals surface area contributed by atoms with Gasteiger partial charge in [0, 0.05) is 36.5 Å². The lowest BCUT2D eigenvalue weighted by Gasteiger charge is -2.42. The largest absolute Gasteiger partial charge is 0.458 e. The molecule has 1 saturated heterocycles. The fourth-order valence-electron chi connectivity index (χ4n) is 4.74. The molecule has 0 aromatic heterocycles. The van der Waals surface area contributed by atoms with Crippen LogP contribution in [0.15, 0.2) is 54.6 Å². The minimum atomic E-state index is -0.212. The summed E-state index contributed by atoms with van der Waals surface area (Å²) >= 11 is 5.94. The highest BCUT2D eigenvalue weighted by molar-refractivity contribution is 6.30. The Hall–Kier alpha value is -1.84. The van der Waals surface area contributed by atoms with E-state index in [0.29, 0.717) is 22.4 Å². The lowest BCUT2D eigenvalue weighted by molar-refractivity contribution is -0.0443. The predicted molar refractivity (Wildman–Crippen MR) is 113 cm³/mol. The number of esters is 1. The van der Waals surface area contributed by atoms with Gasteiger partial charge >= 0.3 is 5.97 Å². The number of benzene rings is 2. The van der Waals surface area contributed by atoms with E-state index >= 15 is 0 Å². The first kappa shape index (κ1) is 19.5. The van der Waals surface area contributed by atoms with Crippen LogP contribution in [0.5, 0.6) is 0 Å². The molecule has 2 bridgehead atoms. The molecule has 148 valence electrons. The molecule has 1 heterocycles. The van der Waals surface area contributed by atoms with E-state index in [1.165, 1.54) is 18.4 Å². The van der Waals surface area contributed by atoms with Crippen LogP contribution in [0, 0.1) is 11.8 Å². The zero-order valence-corrected chi connectivity index (χ0v) is 17.0. The van der Waals surface area contributed by atoms with Crippen molar-refractivity contribution in [2.24, 2.45) is 11.8 Å². The molecule has 1 saturated carbocycles. The normalized spacial score (nSPS) is 25.1. The van der Waals surface area contributed by atoms with Crippen LogP contribution < -0.4 is 0 Å². The highest BCUT2D eigenvalue weighted by Gasteiger charge is 2.40. The number of halogens is 1. The van der Waals surface area contributed by atoms with Gasteiger partial charge in [0.15, 0.2) is 0 Å². The topological polar surface area (TPSA) is 29.5 Å². The third kappa shape index (κ3) is 4.76. The molecule has 0 N–H and O–H groups in total. The Balaban J connectivity index is 1.40. The van der Waals surface area contributed by atoms with E-state index in [-0.39, 0.29) is 12.1 Å². The number of nitrogens with zero attached hydrogens (tertiary/aromatic N) is 1. The van der Waals surface area contributed by atoms with Crippen LogP contribution >= 0.6 is 11.6 Å². The van der Waals surface area contributed by atoms with Crippen LogP contribution in [0.4, 0.5) is 0 Å². The Bertz CT molecular complexity index is 761. The molecule has 2 fully saturated rings. The molecule has 0 radical (unpaired) electrons. The molecule has 2 unspecified atom stereocenters. The third-order valence-electron chi connectivity index (χ3n) is 6.20. The average Bonchev–Trinajstić information content (AvgIpc) is 2.83. The lowest BCUT2D eigenvalue weighted by atomic mass is 9.84. The molecule has 2 aromatic carbocycles. The quantitative estimate of drug-likeness (QED) is 0.647. The summed E-state index contributed by atoms with van der Waals surface area (Å²) < 4.78 is 6.07. The average molecular weight is 398 g/mol. The minimum absolute atomic E-state index is 0.0404. The van der Waals surface area contributed by atoms with Crippen molar-refractivity contribution in [1.82, 2.24) is 4.90 Å². The Morgan fingerprint density at radius 1 is 0.964 bits per heavy atom. The first-order chi connectivity index (χ1) is 13.7. The van der Waals surface area contributed by atoms with E-state index in [0.717, 1.165) is 38.9 Å². The van der Waals surface area contributed by atoms with Gasteiger partial charge in [-0.15, -0.1) is 0 Å². The Labute approximate surface area is 172 Å². The van der Waals surface area contributed by atoms with Gasteiger partial charge in [-0.25, -0.2) is 4.79 Å². The summed E-state index contributed by atoms with van der Waals surface area (Å²) in [4.78, 5) is 15.3. The second-order valence-electron chi connectivity index (χ2n) is 8.18. The predicted octanol–water partition coefficient (Wildman–Crippen LogP) is 5.23. The zero-order valence-electron chi connectivity index (χ0n) is 16.2. The SMILES string of the molecule is O=C(OC1C2CCCCC1CN(CCc1ccccc1)C2)c1ccc(Cl)cc1. The molecule has 2 aromatic rings. The number of rotatable bonds is 5. The molecule has 3 nitrogen and oxygen atoms in total. The number of carbonyl (C=O) groups excluding carboxylic acids is 1. The Morgan fingerprint density at radius 3 is 2.25 bits per heavy atom. The van der Waals surface area contributed by atoms with Crippen LogP contribution in [-0.2, 0) is 11.2 Å². The Kier molecular flexibility index (Phi) is 6.33. The summed E-state index contributed by atoms with van der Waals surface area (Å²) in [5, 5.41) is 0.636. The van der Waals surface area contributed by atoms with E-state index in [4.69, 9.17) is 16.3 Å². The molecule has 0 amide bonds. The molecule has 4 rings (SSSR count). The molecule has 2 aliphatic rings. The fourth-order valence-corrected chi connectivity index (χ4v) is 4.87. The van der Waals surface area contributed by atoms with Crippen LogP contribution in [0.3, 0.4) is 0 Å². The molecule has 0 spiro atoms. The summed E-state index contributed by atoms with van der Waals surface area (Å²) in [5.74, 6) is 0.665. The van der Waals surface area contributed by atoms with Gasteiger partial charge in [-0.2, -0.15) is 0 Å². The standard InChI is InChI=1S/C24H28ClNO2/c25-22-12-10-19(11-13-22)24(27)28-23-20-8-4-5-9-21(23)17-26(16-20)15-14-18-6-2-1-3-7-18/h1-3,6-7,10-13,20-21,23H,4-5,8-9,14-17H2. The summed E-state index contributed by atoms with van der Waals surface area (Å²) in [5.41, 5.74) is 1.98. The van der Waals surface area contributed by atoms with Crippen molar-refractivity contribution in [2.45, 2.75) is 38.2 Å². The van der Waals surface area contributed by atoms with Gasteiger partial charge in [-0.05, 0) is 49.1 Å². The number of hydrogen-bond donors (Lipinski definition) is 0. The molecule has 2 atom stereocenters. The van der Waals surface area contributed by atoms with Crippen molar-refractivity contribution >= 4 is 17.6 Å². The molecular weight excluding hydrogens is 370 g/mol. The monoisotopic (exact) mass is 397 g/mol. The van der Waals surface area contributed by atoms with Gasteiger partial charge in [0.25, 0.3) is 0 Å². The van der Waals surface area contributed by atoms with Crippen LogP contribution in [-0.4, -0.2) is 36.6 Å². The molecular formula is C24H28ClNO2. The van der Waals surface area contributed by atoms with Gasteiger partial charge < -0.3 is 9.64 Å². The van der Waals surface area contributed by atoms with Gasteiger partial charge in [0.05, 0.1) is 5.56 Å². The van der Waals surface area contributed by atoms with Crippen molar-refractivity contribution in [1.29, 1.82) is 0 Å². The van der Waals surface area contributed by atoms with Crippen LogP contribution in [0.25, 0.3) is 0 Å². The summed E-state index contributed by atoms with van der Waals surface area (Å²) in [6.45, 7) is 3.14. The van der Waals surface area contributed by atoms with Crippen LogP contribution in [0.1, 0.15) is 41.6 Å². The lowest BCUT2D eigenvalue weighted by Crippen LogP contribution is -2.50. The zero-order chi connectivity index (χ0) is 19.3. The molecule has 4 heteroatoms. The first-order valence-electron chi connectivity index (χ1n) is 10.4. The van der Waals surface area contributed by atoms with Crippen molar-refractivity contribution < 1.29 is 9.53 Å². The van der Waals surface area contributed by atoms with E-state index in [1.54, 1.807) is 24.3 Å². The van der Waals surface area contributed by atoms with Gasteiger partial charge in [-0.1, -0.05) is 54.8 Å². The van der Waals surface area contributed by atoms with Crippen LogP contribution in [0.2, 0.25) is 5.02 Å². The number of ether oxygens (including phenoxy) is 1. The maximum absolute atomic E-state index is 12.7. The van der Waals surface area contributed by atoms with E-state index in [1.807, 2.05) is 0 Å². The third-order valence-corrected chi connectivity index (χ3v) is 6.45. The number of likely N-dealkylation sites (tertiary alicyclic amines) is 1. The van der Waals surface area contributed by atoms with Gasteiger partial charge in [0.2, 0.25) is 0 Å². The van der Waals surface area contributed by atoms with Crippen molar-refractivity contribution in [3.8, 4) is 0 Å². The Morgan fingerprint density at radius 2 is 1.61 bits per heavy atom. The maximum Gasteiger partial charge on any atom is 0.338 e. The summed E-state index contributed by atoms with van der Waals surface area (Å²) in [6, 6.07) is 17.7. The van der Waals surface area contributed by atoms with Crippen molar-refractivity contribution in [2.75, 3.05) is 19.6 Å². The van der Waals surface area contributed by atoms with E-state index in [2.05, 4.69) is 35.2 Å². The fraction of sp³-hybridized carbons (Fsp3) is 0.458. The molecule has 1 aliphatic heterocycles. The second kappa shape index (κ2) is 9.11. The molecule has 1 aliphatic carbocycles. The minimum Gasteiger partial charge on any atom is -0.458 e.